The number of benzene rings is 1. The molecule has 0 aliphatic rings. The highest BCUT2D eigenvalue weighted by molar-refractivity contribution is 5.65. The summed E-state index contributed by atoms with van der Waals surface area (Å²) in [6.07, 6.45) is 7.27. The average molecular weight is 188 g/mol. The standard InChI is InChI=1S/C14H20/c1-3-5-10-13(9-4-2)14-11-7-6-8-12-14/h6-9,11-12H,3-5,10H2,1-2H3/b13-9+. The molecule has 0 saturated heterocycles. The molecule has 1 aromatic rings. The quantitative estimate of drug-likeness (QED) is 0.630. The van der Waals surface area contributed by atoms with Crippen LogP contribution >= 0.6 is 0 Å². The minimum Gasteiger partial charge on any atom is -0.0810 e. The van der Waals surface area contributed by atoms with Gasteiger partial charge in [0, 0.05) is 0 Å². The lowest BCUT2D eigenvalue weighted by Gasteiger charge is -2.06. The summed E-state index contributed by atoms with van der Waals surface area (Å²) in [5.74, 6) is 0. The highest BCUT2D eigenvalue weighted by Gasteiger charge is 1.98. The molecule has 0 amide bonds. The second-order valence-electron chi connectivity index (χ2n) is 3.61. The first-order chi connectivity index (χ1) is 6.88. The van der Waals surface area contributed by atoms with Crippen molar-refractivity contribution in [3.63, 3.8) is 0 Å². The molecule has 0 heterocycles. The minimum absolute atomic E-state index is 1.13. The van der Waals surface area contributed by atoms with Crippen LogP contribution in [0.4, 0.5) is 0 Å². The Bertz CT molecular complexity index is 269. The molecule has 0 N–H and O–H groups in total. The molecule has 0 aromatic heterocycles. The van der Waals surface area contributed by atoms with Crippen LogP contribution in [0.2, 0.25) is 0 Å². The summed E-state index contributed by atoms with van der Waals surface area (Å²) in [6.45, 7) is 4.45. The van der Waals surface area contributed by atoms with Crippen molar-refractivity contribution in [1.82, 2.24) is 0 Å². The fraction of sp³-hybridized carbons (Fsp3) is 0.429. The summed E-state index contributed by atoms with van der Waals surface area (Å²) in [5.41, 5.74) is 2.90. The van der Waals surface area contributed by atoms with Gasteiger partial charge in [-0.2, -0.15) is 0 Å². The van der Waals surface area contributed by atoms with Crippen molar-refractivity contribution in [3.05, 3.63) is 42.0 Å². The molecule has 0 nitrogen and oxygen atoms in total. The number of hydrogen-bond donors (Lipinski definition) is 0. The van der Waals surface area contributed by atoms with Crippen LogP contribution in [0, 0.1) is 0 Å². The topological polar surface area (TPSA) is 0 Å². The van der Waals surface area contributed by atoms with Gasteiger partial charge in [0.05, 0.1) is 0 Å². The molecule has 0 atom stereocenters. The summed E-state index contributed by atoms with van der Waals surface area (Å²) >= 11 is 0. The summed E-state index contributed by atoms with van der Waals surface area (Å²) < 4.78 is 0. The van der Waals surface area contributed by atoms with Gasteiger partial charge in [-0.25, -0.2) is 0 Å². The van der Waals surface area contributed by atoms with Crippen molar-refractivity contribution in [2.24, 2.45) is 0 Å². The van der Waals surface area contributed by atoms with Crippen molar-refractivity contribution >= 4 is 5.57 Å². The number of allylic oxidation sites excluding steroid dienone is 2. The van der Waals surface area contributed by atoms with E-state index in [0.29, 0.717) is 0 Å². The second-order valence-corrected chi connectivity index (χ2v) is 3.61. The van der Waals surface area contributed by atoms with Crippen LogP contribution in [0.3, 0.4) is 0 Å². The fourth-order valence-corrected chi connectivity index (χ4v) is 1.63. The molecule has 0 unspecified atom stereocenters. The molecule has 1 rings (SSSR count). The van der Waals surface area contributed by atoms with Gasteiger partial charge in [0.1, 0.15) is 0 Å². The second kappa shape index (κ2) is 6.42. The van der Waals surface area contributed by atoms with E-state index in [-0.39, 0.29) is 0 Å². The lowest BCUT2D eigenvalue weighted by Crippen LogP contribution is -1.84. The van der Waals surface area contributed by atoms with Gasteiger partial charge in [-0.1, -0.05) is 56.7 Å². The first kappa shape index (κ1) is 11.0. The van der Waals surface area contributed by atoms with Crippen LogP contribution < -0.4 is 0 Å². The maximum absolute atomic E-state index is 2.35. The maximum Gasteiger partial charge on any atom is -0.0228 e. The molecule has 14 heavy (non-hydrogen) atoms. The fourth-order valence-electron chi connectivity index (χ4n) is 1.63. The molecular weight excluding hydrogens is 168 g/mol. The third-order valence-corrected chi connectivity index (χ3v) is 2.39. The zero-order chi connectivity index (χ0) is 10.2. The molecule has 0 bridgehead atoms. The van der Waals surface area contributed by atoms with Gasteiger partial charge in [-0.15, -0.1) is 0 Å². The largest absolute Gasteiger partial charge is 0.0810 e. The van der Waals surface area contributed by atoms with Gasteiger partial charge in [0.2, 0.25) is 0 Å². The van der Waals surface area contributed by atoms with E-state index in [9.17, 15) is 0 Å². The molecule has 0 spiro atoms. The molecule has 0 aliphatic carbocycles. The van der Waals surface area contributed by atoms with Crippen molar-refractivity contribution in [2.45, 2.75) is 39.5 Å². The lowest BCUT2D eigenvalue weighted by molar-refractivity contribution is 0.822. The van der Waals surface area contributed by atoms with Crippen molar-refractivity contribution in [1.29, 1.82) is 0 Å². The summed E-state index contributed by atoms with van der Waals surface area (Å²) in [6, 6.07) is 10.7. The lowest BCUT2D eigenvalue weighted by atomic mass is 9.99. The van der Waals surface area contributed by atoms with Crippen LogP contribution in [0.25, 0.3) is 5.57 Å². The molecule has 76 valence electrons. The molecular formula is C14H20. The Kier molecular flexibility index (Phi) is 5.06. The zero-order valence-electron chi connectivity index (χ0n) is 9.29. The first-order valence-corrected chi connectivity index (χ1v) is 5.63. The average Bonchev–Trinajstić information content (AvgIpc) is 2.25. The van der Waals surface area contributed by atoms with Crippen molar-refractivity contribution in [3.8, 4) is 0 Å². The number of unbranched alkanes of at least 4 members (excludes halogenated alkanes) is 1. The van der Waals surface area contributed by atoms with E-state index in [1.54, 1.807) is 0 Å². The van der Waals surface area contributed by atoms with Gasteiger partial charge < -0.3 is 0 Å². The molecule has 0 aliphatic heterocycles. The Hall–Kier alpha value is -1.04. The molecule has 1 aromatic carbocycles. The highest BCUT2D eigenvalue weighted by Crippen LogP contribution is 2.20. The van der Waals surface area contributed by atoms with Crippen LogP contribution in [0.5, 0.6) is 0 Å². The Balaban J connectivity index is 2.73. The number of hydrogen-bond acceptors (Lipinski definition) is 0. The summed E-state index contributed by atoms with van der Waals surface area (Å²) in [5, 5.41) is 0. The summed E-state index contributed by atoms with van der Waals surface area (Å²) in [7, 11) is 0. The Morgan fingerprint density at radius 2 is 1.86 bits per heavy atom. The first-order valence-electron chi connectivity index (χ1n) is 5.63. The smallest absolute Gasteiger partial charge is 0.0228 e. The Labute approximate surface area is 87.7 Å². The van der Waals surface area contributed by atoms with Gasteiger partial charge in [-0.3, -0.25) is 0 Å². The van der Waals surface area contributed by atoms with Gasteiger partial charge in [0.15, 0.2) is 0 Å². The third-order valence-electron chi connectivity index (χ3n) is 2.39. The van der Waals surface area contributed by atoms with E-state index in [1.165, 1.54) is 30.4 Å². The van der Waals surface area contributed by atoms with Gasteiger partial charge in [0.25, 0.3) is 0 Å². The number of rotatable bonds is 5. The van der Waals surface area contributed by atoms with Crippen molar-refractivity contribution < 1.29 is 0 Å². The normalized spacial score (nSPS) is 11.7. The Morgan fingerprint density at radius 1 is 1.14 bits per heavy atom. The van der Waals surface area contributed by atoms with Crippen LogP contribution in [-0.2, 0) is 0 Å². The third kappa shape index (κ3) is 3.37. The van der Waals surface area contributed by atoms with E-state index >= 15 is 0 Å². The molecule has 0 fully saturated rings. The summed E-state index contributed by atoms with van der Waals surface area (Å²) in [4.78, 5) is 0. The van der Waals surface area contributed by atoms with Crippen LogP contribution in [-0.4, -0.2) is 0 Å². The van der Waals surface area contributed by atoms with E-state index in [2.05, 4.69) is 50.3 Å². The molecule has 0 saturated carbocycles. The van der Waals surface area contributed by atoms with E-state index < -0.39 is 0 Å². The van der Waals surface area contributed by atoms with Gasteiger partial charge in [-0.05, 0) is 30.4 Å². The highest BCUT2D eigenvalue weighted by atomic mass is 14.0. The maximum atomic E-state index is 2.35. The predicted octanol–water partition coefficient (Wildman–Crippen LogP) is 4.67. The predicted molar refractivity (Wildman–Crippen MR) is 64.2 cm³/mol. The molecule has 0 heteroatoms. The van der Waals surface area contributed by atoms with E-state index in [4.69, 9.17) is 0 Å². The van der Waals surface area contributed by atoms with Gasteiger partial charge >= 0.3 is 0 Å². The minimum atomic E-state index is 1.13. The molecule has 0 radical (unpaired) electrons. The van der Waals surface area contributed by atoms with E-state index in [1.807, 2.05) is 0 Å². The van der Waals surface area contributed by atoms with Crippen molar-refractivity contribution in [2.75, 3.05) is 0 Å². The van der Waals surface area contributed by atoms with Crippen LogP contribution in [0.15, 0.2) is 36.4 Å². The Morgan fingerprint density at radius 3 is 2.43 bits per heavy atom. The monoisotopic (exact) mass is 188 g/mol. The van der Waals surface area contributed by atoms with Crippen LogP contribution in [0.1, 0.15) is 45.1 Å². The van der Waals surface area contributed by atoms with E-state index in [0.717, 1.165) is 6.42 Å². The zero-order valence-corrected chi connectivity index (χ0v) is 9.29. The SMILES string of the molecule is CC/C=C(\CCCC)c1ccccc1.